The molecule has 2 N–H and O–H groups in total. The Balaban J connectivity index is 2.47. The first-order valence-corrected chi connectivity index (χ1v) is 6.78. The van der Waals surface area contributed by atoms with Gasteiger partial charge in [-0.1, -0.05) is 6.92 Å². The molecule has 0 aromatic heterocycles. The minimum absolute atomic E-state index is 0.0540. The van der Waals surface area contributed by atoms with E-state index in [1.165, 1.54) is 0 Å². The fourth-order valence-corrected chi connectivity index (χ4v) is 2.15. The number of esters is 1. The Kier molecular flexibility index (Phi) is 6.12. The molecule has 5 heteroatoms. The van der Waals surface area contributed by atoms with Gasteiger partial charge in [0.25, 0.3) is 0 Å². The maximum Gasteiger partial charge on any atom is 0.310 e. The SMILES string of the molecule is CCOC(=O)C1CCCN(C(=O)CC(N)CC)C1. The lowest BCUT2D eigenvalue weighted by Gasteiger charge is -2.32. The highest BCUT2D eigenvalue weighted by Crippen LogP contribution is 2.19. The van der Waals surface area contributed by atoms with Crippen LogP contribution >= 0.6 is 0 Å². The number of ether oxygens (including phenoxy) is 1. The molecule has 2 atom stereocenters. The first-order valence-electron chi connectivity index (χ1n) is 6.78. The number of nitrogens with two attached hydrogens (primary N) is 1. The van der Waals surface area contributed by atoms with Crippen molar-refractivity contribution in [1.29, 1.82) is 0 Å². The molecule has 1 rings (SSSR count). The largest absolute Gasteiger partial charge is 0.466 e. The number of carbonyl (C=O) groups is 2. The molecule has 1 heterocycles. The van der Waals surface area contributed by atoms with Crippen LogP contribution in [-0.2, 0) is 14.3 Å². The number of piperidine rings is 1. The van der Waals surface area contributed by atoms with Crippen molar-refractivity contribution in [2.45, 2.75) is 45.6 Å². The third kappa shape index (κ3) is 4.29. The molecule has 104 valence electrons. The molecular weight excluding hydrogens is 232 g/mol. The highest BCUT2D eigenvalue weighted by atomic mass is 16.5. The zero-order valence-electron chi connectivity index (χ0n) is 11.4. The van der Waals surface area contributed by atoms with Crippen molar-refractivity contribution < 1.29 is 14.3 Å². The summed E-state index contributed by atoms with van der Waals surface area (Å²) in [5.41, 5.74) is 5.78. The van der Waals surface area contributed by atoms with Crippen molar-refractivity contribution in [3.8, 4) is 0 Å². The van der Waals surface area contributed by atoms with E-state index in [1.807, 2.05) is 6.92 Å². The predicted octanol–water partition coefficient (Wildman–Crippen LogP) is 0.915. The molecule has 0 spiro atoms. The Morgan fingerprint density at radius 3 is 2.78 bits per heavy atom. The summed E-state index contributed by atoms with van der Waals surface area (Å²) in [4.78, 5) is 25.4. The Hall–Kier alpha value is -1.10. The molecule has 0 aromatic rings. The van der Waals surface area contributed by atoms with Crippen LogP contribution in [0, 0.1) is 5.92 Å². The molecule has 1 aliphatic heterocycles. The lowest BCUT2D eigenvalue weighted by molar-refractivity contribution is -0.151. The van der Waals surface area contributed by atoms with Gasteiger partial charge >= 0.3 is 5.97 Å². The molecule has 0 aromatic carbocycles. The first-order chi connectivity index (χ1) is 8.58. The number of nitrogens with zero attached hydrogens (tertiary/aromatic N) is 1. The van der Waals surface area contributed by atoms with Gasteiger partial charge in [-0.3, -0.25) is 9.59 Å². The fourth-order valence-electron chi connectivity index (χ4n) is 2.15. The van der Waals surface area contributed by atoms with Gasteiger partial charge in [-0.05, 0) is 26.2 Å². The van der Waals surface area contributed by atoms with Crippen LogP contribution in [0.4, 0.5) is 0 Å². The van der Waals surface area contributed by atoms with E-state index in [1.54, 1.807) is 11.8 Å². The van der Waals surface area contributed by atoms with Crippen molar-refractivity contribution in [2.75, 3.05) is 19.7 Å². The third-order valence-corrected chi connectivity index (χ3v) is 3.36. The van der Waals surface area contributed by atoms with Crippen molar-refractivity contribution in [3.63, 3.8) is 0 Å². The van der Waals surface area contributed by atoms with Crippen LogP contribution in [0.5, 0.6) is 0 Å². The summed E-state index contributed by atoms with van der Waals surface area (Å²) in [6, 6.07) is -0.0829. The zero-order chi connectivity index (χ0) is 13.5. The average molecular weight is 256 g/mol. The minimum atomic E-state index is -0.185. The maximum atomic E-state index is 12.0. The molecule has 2 unspecified atom stereocenters. The van der Waals surface area contributed by atoms with Crippen molar-refractivity contribution >= 4 is 11.9 Å². The number of rotatable bonds is 5. The molecular formula is C13H24N2O3. The second kappa shape index (κ2) is 7.36. The predicted molar refractivity (Wildman–Crippen MR) is 68.8 cm³/mol. The lowest BCUT2D eigenvalue weighted by Crippen LogP contribution is -2.44. The van der Waals surface area contributed by atoms with E-state index in [-0.39, 0.29) is 23.8 Å². The summed E-state index contributed by atoms with van der Waals surface area (Å²) < 4.78 is 5.01. The van der Waals surface area contributed by atoms with Gasteiger partial charge in [0, 0.05) is 25.6 Å². The van der Waals surface area contributed by atoms with Gasteiger partial charge in [-0.2, -0.15) is 0 Å². The fraction of sp³-hybridized carbons (Fsp3) is 0.846. The van der Waals surface area contributed by atoms with Crippen molar-refractivity contribution in [1.82, 2.24) is 4.90 Å². The van der Waals surface area contributed by atoms with E-state index >= 15 is 0 Å². The summed E-state index contributed by atoms with van der Waals surface area (Å²) in [6.07, 6.45) is 2.83. The molecule has 0 radical (unpaired) electrons. The van der Waals surface area contributed by atoms with Crippen LogP contribution in [0.15, 0.2) is 0 Å². The van der Waals surface area contributed by atoms with Gasteiger partial charge in [-0.15, -0.1) is 0 Å². The zero-order valence-corrected chi connectivity index (χ0v) is 11.4. The molecule has 1 saturated heterocycles. The number of hydrogen-bond donors (Lipinski definition) is 1. The molecule has 0 aliphatic carbocycles. The number of hydrogen-bond acceptors (Lipinski definition) is 4. The van der Waals surface area contributed by atoms with Gasteiger partial charge in [-0.25, -0.2) is 0 Å². The summed E-state index contributed by atoms with van der Waals surface area (Å²) in [5.74, 6) is -0.298. The topological polar surface area (TPSA) is 72.6 Å². The number of carbonyl (C=O) groups excluding carboxylic acids is 2. The second-order valence-electron chi connectivity index (χ2n) is 4.80. The van der Waals surface area contributed by atoms with Crippen molar-refractivity contribution in [2.24, 2.45) is 11.7 Å². The van der Waals surface area contributed by atoms with E-state index in [9.17, 15) is 9.59 Å². The van der Waals surface area contributed by atoms with Gasteiger partial charge < -0.3 is 15.4 Å². The highest BCUT2D eigenvalue weighted by Gasteiger charge is 2.29. The first kappa shape index (κ1) is 15.0. The lowest BCUT2D eigenvalue weighted by atomic mass is 9.97. The Labute approximate surface area is 109 Å². The summed E-state index contributed by atoms with van der Waals surface area (Å²) in [6.45, 7) is 5.36. The molecule has 18 heavy (non-hydrogen) atoms. The highest BCUT2D eigenvalue weighted by molar-refractivity contribution is 5.79. The van der Waals surface area contributed by atoms with E-state index in [4.69, 9.17) is 10.5 Å². The Morgan fingerprint density at radius 2 is 2.17 bits per heavy atom. The molecule has 1 aliphatic rings. The smallest absolute Gasteiger partial charge is 0.310 e. The van der Waals surface area contributed by atoms with E-state index in [0.29, 0.717) is 19.6 Å². The Bertz CT molecular complexity index is 294. The normalized spacial score (nSPS) is 21.5. The van der Waals surface area contributed by atoms with Crippen LogP contribution in [0.1, 0.15) is 39.5 Å². The van der Waals surface area contributed by atoms with Gasteiger partial charge in [0.2, 0.25) is 5.91 Å². The van der Waals surface area contributed by atoms with Crippen LogP contribution < -0.4 is 5.73 Å². The van der Waals surface area contributed by atoms with Crippen LogP contribution in [0.25, 0.3) is 0 Å². The van der Waals surface area contributed by atoms with Gasteiger partial charge in [0.15, 0.2) is 0 Å². The third-order valence-electron chi connectivity index (χ3n) is 3.36. The van der Waals surface area contributed by atoms with E-state index in [0.717, 1.165) is 25.8 Å². The van der Waals surface area contributed by atoms with Crippen LogP contribution in [-0.4, -0.2) is 42.5 Å². The quantitative estimate of drug-likeness (QED) is 0.742. The summed E-state index contributed by atoms with van der Waals surface area (Å²) in [5, 5.41) is 0. The molecule has 5 nitrogen and oxygen atoms in total. The van der Waals surface area contributed by atoms with Crippen molar-refractivity contribution in [3.05, 3.63) is 0 Å². The second-order valence-corrected chi connectivity index (χ2v) is 4.80. The monoisotopic (exact) mass is 256 g/mol. The molecule has 1 fully saturated rings. The minimum Gasteiger partial charge on any atom is -0.466 e. The van der Waals surface area contributed by atoms with Crippen LogP contribution in [0.3, 0.4) is 0 Å². The molecule has 1 amide bonds. The average Bonchev–Trinajstić information content (AvgIpc) is 2.39. The summed E-state index contributed by atoms with van der Waals surface area (Å²) >= 11 is 0. The van der Waals surface area contributed by atoms with Crippen LogP contribution in [0.2, 0.25) is 0 Å². The standard InChI is InChI=1S/C13H24N2O3/c1-3-11(14)8-12(16)15-7-5-6-10(9-15)13(17)18-4-2/h10-11H,3-9,14H2,1-2H3. The number of amides is 1. The molecule has 0 bridgehead atoms. The van der Waals surface area contributed by atoms with E-state index < -0.39 is 0 Å². The summed E-state index contributed by atoms with van der Waals surface area (Å²) in [7, 11) is 0. The number of likely N-dealkylation sites (tertiary alicyclic amines) is 1. The van der Waals surface area contributed by atoms with Gasteiger partial charge in [0.1, 0.15) is 0 Å². The Morgan fingerprint density at radius 1 is 1.44 bits per heavy atom. The maximum absolute atomic E-state index is 12.0. The van der Waals surface area contributed by atoms with E-state index in [2.05, 4.69) is 0 Å². The molecule has 0 saturated carbocycles. The van der Waals surface area contributed by atoms with Gasteiger partial charge in [0.05, 0.1) is 12.5 Å².